The maximum atomic E-state index is 13.6. The number of nitrogens with two attached hydrogens (primary N) is 1. The standard InChI is InChI=1S/C12H8ClF2IN2/c13-8-3-6(14)4-9(15)12(8)18-11-2-1-7(17)5-10(11)16/h1-5,18H,17H2. The monoisotopic (exact) mass is 380 g/mol. The van der Waals surface area contributed by atoms with Gasteiger partial charge in [-0.1, -0.05) is 11.6 Å². The first-order chi connectivity index (χ1) is 8.47. The molecule has 0 aliphatic rings. The second-order valence-electron chi connectivity index (χ2n) is 3.61. The van der Waals surface area contributed by atoms with Gasteiger partial charge in [-0.2, -0.15) is 0 Å². The smallest absolute Gasteiger partial charge is 0.151 e. The summed E-state index contributed by atoms with van der Waals surface area (Å²) in [6.07, 6.45) is 0. The third kappa shape index (κ3) is 2.84. The van der Waals surface area contributed by atoms with Crippen molar-refractivity contribution in [3.63, 3.8) is 0 Å². The van der Waals surface area contributed by atoms with Crippen LogP contribution in [0.1, 0.15) is 0 Å². The molecule has 0 spiro atoms. The van der Waals surface area contributed by atoms with Gasteiger partial charge in [0.25, 0.3) is 0 Å². The Bertz CT molecular complexity index is 582. The van der Waals surface area contributed by atoms with Gasteiger partial charge in [0.1, 0.15) is 5.82 Å². The third-order valence-corrected chi connectivity index (χ3v) is 3.45. The second-order valence-corrected chi connectivity index (χ2v) is 5.18. The molecule has 0 aromatic heterocycles. The Hall–Kier alpha value is -1.08. The zero-order valence-corrected chi connectivity index (χ0v) is 11.9. The molecule has 0 saturated heterocycles. The molecule has 0 unspecified atom stereocenters. The fraction of sp³-hybridized carbons (Fsp3) is 0. The number of nitrogens with one attached hydrogen (secondary N) is 1. The van der Waals surface area contributed by atoms with Gasteiger partial charge in [-0.15, -0.1) is 0 Å². The number of halogens is 4. The Morgan fingerprint density at radius 1 is 1.17 bits per heavy atom. The Labute approximate surface area is 121 Å². The number of benzene rings is 2. The summed E-state index contributed by atoms with van der Waals surface area (Å²) in [5, 5.41) is 2.81. The van der Waals surface area contributed by atoms with E-state index in [1.54, 1.807) is 18.2 Å². The molecule has 0 amide bonds. The topological polar surface area (TPSA) is 38.0 Å². The summed E-state index contributed by atoms with van der Waals surface area (Å²) in [6, 6.07) is 6.95. The van der Waals surface area contributed by atoms with Crippen LogP contribution in [-0.4, -0.2) is 0 Å². The number of rotatable bonds is 2. The van der Waals surface area contributed by atoms with Crippen LogP contribution in [0.3, 0.4) is 0 Å². The van der Waals surface area contributed by atoms with Crippen LogP contribution in [0.4, 0.5) is 25.8 Å². The van der Waals surface area contributed by atoms with E-state index in [1.807, 2.05) is 0 Å². The summed E-state index contributed by atoms with van der Waals surface area (Å²) in [5.41, 5.74) is 6.92. The highest BCUT2D eigenvalue weighted by atomic mass is 127. The third-order valence-electron chi connectivity index (χ3n) is 2.26. The zero-order valence-electron chi connectivity index (χ0n) is 8.98. The number of hydrogen-bond donors (Lipinski definition) is 2. The van der Waals surface area contributed by atoms with Gasteiger partial charge in [0, 0.05) is 15.3 Å². The molecule has 0 saturated carbocycles. The molecule has 2 nitrogen and oxygen atoms in total. The minimum absolute atomic E-state index is 0.0138. The first-order valence-electron chi connectivity index (χ1n) is 4.94. The van der Waals surface area contributed by atoms with E-state index in [4.69, 9.17) is 17.3 Å². The summed E-state index contributed by atoms with van der Waals surface area (Å²) in [4.78, 5) is 0. The van der Waals surface area contributed by atoms with E-state index in [-0.39, 0.29) is 10.7 Å². The van der Waals surface area contributed by atoms with Crippen LogP contribution in [0, 0.1) is 15.2 Å². The van der Waals surface area contributed by atoms with Crippen molar-refractivity contribution in [3.8, 4) is 0 Å². The van der Waals surface area contributed by atoms with Gasteiger partial charge in [-0.25, -0.2) is 8.78 Å². The summed E-state index contributed by atoms with van der Waals surface area (Å²) in [6.45, 7) is 0. The molecule has 94 valence electrons. The fourth-order valence-electron chi connectivity index (χ4n) is 1.43. The van der Waals surface area contributed by atoms with Gasteiger partial charge < -0.3 is 11.1 Å². The molecule has 0 bridgehead atoms. The SMILES string of the molecule is Nc1ccc(Nc2c(F)cc(F)cc2Cl)c(I)c1. The lowest BCUT2D eigenvalue weighted by Gasteiger charge is -2.11. The lowest BCUT2D eigenvalue weighted by atomic mass is 10.2. The predicted octanol–water partition coefficient (Wildman–Crippen LogP) is 4.55. The average Bonchev–Trinajstić information content (AvgIpc) is 2.25. The summed E-state index contributed by atoms with van der Waals surface area (Å²) < 4.78 is 27.3. The van der Waals surface area contributed by atoms with Crippen molar-refractivity contribution in [2.75, 3.05) is 11.1 Å². The second kappa shape index (κ2) is 5.27. The van der Waals surface area contributed by atoms with Crippen LogP contribution in [0.25, 0.3) is 0 Å². The lowest BCUT2D eigenvalue weighted by molar-refractivity contribution is 0.586. The maximum Gasteiger partial charge on any atom is 0.151 e. The minimum Gasteiger partial charge on any atom is -0.399 e. The molecule has 18 heavy (non-hydrogen) atoms. The van der Waals surface area contributed by atoms with Gasteiger partial charge in [-0.3, -0.25) is 0 Å². The van der Waals surface area contributed by atoms with Crippen molar-refractivity contribution in [3.05, 3.63) is 50.6 Å². The maximum absolute atomic E-state index is 13.6. The molecule has 0 aliphatic heterocycles. The van der Waals surface area contributed by atoms with E-state index in [0.717, 1.165) is 15.7 Å². The molecule has 2 aromatic carbocycles. The van der Waals surface area contributed by atoms with Crippen LogP contribution in [0.15, 0.2) is 30.3 Å². The van der Waals surface area contributed by atoms with Crippen LogP contribution in [0.5, 0.6) is 0 Å². The van der Waals surface area contributed by atoms with Crippen LogP contribution in [-0.2, 0) is 0 Å². The van der Waals surface area contributed by atoms with E-state index >= 15 is 0 Å². The van der Waals surface area contributed by atoms with Crippen LogP contribution >= 0.6 is 34.2 Å². The van der Waals surface area contributed by atoms with E-state index in [9.17, 15) is 8.78 Å². The minimum atomic E-state index is -0.743. The number of nitrogen functional groups attached to an aromatic ring is 1. The van der Waals surface area contributed by atoms with E-state index in [1.165, 1.54) is 0 Å². The lowest BCUT2D eigenvalue weighted by Crippen LogP contribution is -1.98. The molecule has 3 N–H and O–H groups in total. The zero-order chi connectivity index (χ0) is 13.3. The normalized spacial score (nSPS) is 10.4. The molecule has 0 fully saturated rings. The summed E-state index contributed by atoms with van der Waals surface area (Å²) in [7, 11) is 0. The van der Waals surface area contributed by atoms with E-state index in [2.05, 4.69) is 27.9 Å². The largest absolute Gasteiger partial charge is 0.399 e. The predicted molar refractivity (Wildman–Crippen MR) is 78.2 cm³/mol. The molecular formula is C12H8ClF2IN2. The Balaban J connectivity index is 2.40. The highest BCUT2D eigenvalue weighted by Crippen LogP contribution is 2.31. The van der Waals surface area contributed by atoms with E-state index < -0.39 is 11.6 Å². The van der Waals surface area contributed by atoms with Crippen LogP contribution < -0.4 is 11.1 Å². The highest BCUT2D eigenvalue weighted by molar-refractivity contribution is 14.1. The number of anilines is 3. The average molecular weight is 381 g/mol. The first kappa shape index (κ1) is 13.4. The summed E-state index contributed by atoms with van der Waals surface area (Å²) in [5.74, 6) is -1.46. The molecule has 2 rings (SSSR count). The molecule has 2 aromatic rings. The first-order valence-corrected chi connectivity index (χ1v) is 6.39. The van der Waals surface area contributed by atoms with Gasteiger partial charge in [-0.05, 0) is 46.9 Å². The molecule has 0 aliphatic carbocycles. The number of hydrogen-bond acceptors (Lipinski definition) is 2. The Kier molecular flexibility index (Phi) is 3.91. The molecule has 0 radical (unpaired) electrons. The summed E-state index contributed by atoms with van der Waals surface area (Å²) >= 11 is 7.86. The van der Waals surface area contributed by atoms with Gasteiger partial charge >= 0.3 is 0 Å². The van der Waals surface area contributed by atoms with Crippen molar-refractivity contribution in [2.45, 2.75) is 0 Å². The molecule has 6 heteroatoms. The van der Waals surface area contributed by atoms with Crippen LogP contribution in [0.2, 0.25) is 5.02 Å². The van der Waals surface area contributed by atoms with Crippen molar-refractivity contribution in [1.82, 2.24) is 0 Å². The van der Waals surface area contributed by atoms with Crippen molar-refractivity contribution in [1.29, 1.82) is 0 Å². The highest BCUT2D eigenvalue weighted by Gasteiger charge is 2.11. The molecule has 0 atom stereocenters. The fourth-order valence-corrected chi connectivity index (χ4v) is 2.34. The Morgan fingerprint density at radius 3 is 2.50 bits per heavy atom. The van der Waals surface area contributed by atoms with Crippen molar-refractivity contribution >= 4 is 51.3 Å². The quantitative estimate of drug-likeness (QED) is 0.593. The van der Waals surface area contributed by atoms with Gasteiger partial charge in [0.2, 0.25) is 0 Å². The van der Waals surface area contributed by atoms with E-state index in [0.29, 0.717) is 11.4 Å². The van der Waals surface area contributed by atoms with Crippen molar-refractivity contribution in [2.24, 2.45) is 0 Å². The van der Waals surface area contributed by atoms with Gasteiger partial charge in [0.15, 0.2) is 5.82 Å². The van der Waals surface area contributed by atoms with Gasteiger partial charge in [0.05, 0.1) is 16.4 Å². The Morgan fingerprint density at radius 2 is 1.89 bits per heavy atom. The molecular weight excluding hydrogens is 372 g/mol. The molecule has 0 heterocycles. The van der Waals surface area contributed by atoms with Crippen molar-refractivity contribution < 1.29 is 8.78 Å².